The van der Waals surface area contributed by atoms with Crippen LogP contribution in [0.2, 0.25) is 0 Å². The Hall–Kier alpha value is -1.84. The average Bonchev–Trinajstić information content (AvgIpc) is 3.01. The summed E-state index contributed by atoms with van der Waals surface area (Å²) >= 11 is 0. The molecule has 0 spiro atoms. The van der Waals surface area contributed by atoms with E-state index in [1.54, 1.807) is 19.1 Å². The lowest BCUT2D eigenvalue weighted by molar-refractivity contribution is 0.100. The molecule has 1 fully saturated rings. The topological polar surface area (TPSA) is 55.1 Å². The summed E-state index contributed by atoms with van der Waals surface area (Å²) in [5.74, 6) is 0.707. The van der Waals surface area contributed by atoms with Gasteiger partial charge in [-0.2, -0.15) is 4.98 Å². The van der Waals surface area contributed by atoms with E-state index in [4.69, 9.17) is 0 Å². The molecule has 0 aliphatic heterocycles. The molecule has 2 aromatic heterocycles. The van der Waals surface area contributed by atoms with E-state index in [2.05, 4.69) is 4.98 Å². The Kier molecular flexibility index (Phi) is 2.18. The van der Waals surface area contributed by atoms with Crippen LogP contribution in [0.15, 0.2) is 18.2 Å². The van der Waals surface area contributed by atoms with Gasteiger partial charge in [-0.25, -0.2) is 0 Å². The number of carbonyl (C=O) groups excluding carboxylic acids is 1. The summed E-state index contributed by atoms with van der Waals surface area (Å²) in [5, 5.41) is 10.4. The molecule has 1 aliphatic rings. The minimum atomic E-state index is 0.00255. The molecule has 4 nitrogen and oxygen atoms in total. The molecule has 0 unspecified atom stereocenters. The van der Waals surface area contributed by atoms with Crippen molar-refractivity contribution in [1.82, 2.24) is 9.55 Å². The van der Waals surface area contributed by atoms with Crippen LogP contribution in [0, 0.1) is 5.92 Å². The Morgan fingerprint density at radius 2 is 2.29 bits per heavy atom. The number of hydrogen-bond donors (Lipinski definition) is 1. The lowest BCUT2D eigenvalue weighted by atomic mass is 10.3. The van der Waals surface area contributed by atoms with Gasteiger partial charge in [-0.3, -0.25) is 4.79 Å². The minimum absolute atomic E-state index is 0.00255. The van der Waals surface area contributed by atoms with Crippen LogP contribution in [0.3, 0.4) is 0 Å². The van der Waals surface area contributed by atoms with Gasteiger partial charge in [0.2, 0.25) is 5.88 Å². The van der Waals surface area contributed by atoms with E-state index in [-0.39, 0.29) is 11.7 Å². The van der Waals surface area contributed by atoms with Gasteiger partial charge in [-0.1, -0.05) is 0 Å². The number of aromatic nitrogens is 2. The van der Waals surface area contributed by atoms with Crippen molar-refractivity contribution in [1.29, 1.82) is 0 Å². The van der Waals surface area contributed by atoms with Gasteiger partial charge in [0.25, 0.3) is 0 Å². The first-order valence-corrected chi connectivity index (χ1v) is 5.85. The third kappa shape index (κ3) is 1.79. The summed E-state index contributed by atoms with van der Waals surface area (Å²) in [7, 11) is 0. The first-order chi connectivity index (χ1) is 8.15. The number of pyridine rings is 1. The maximum atomic E-state index is 11.6. The number of nitrogens with zero attached hydrogens (tertiary/aromatic N) is 2. The Labute approximate surface area is 98.9 Å². The number of hydrogen-bond acceptors (Lipinski definition) is 3. The smallest absolute Gasteiger partial charge is 0.212 e. The SMILES string of the molecule is CC(=O)c1cc2ccc(O)nc2n1CC1CC1. The standard InChI is InChI=1S/C13H14N2O2/c1-8(16)11-6-10-4-5-12(17)14-13(10)15(11)7-9-2-3-9/h4-6,9H,2-3,7H2,1H3,(H,14,17). The van der Waals surface area contributed by atoms with Gasteiger partial charge in [0.1, 0.15) is 5.65 Å². The third-order valence-corrected chi connectivity index (χ3v) is 3.23. The van der Waals surface area contributed by atoms with Crippen LogP contribution in [-0.4, -0.2) is 20.4 Å². The summed E-state index contributed by atoms with van der Waals surface area (Å²) in [6, 6.07) is 5.20. The molecule has 2 aromatic rings. The fourth-order valence-corrected chi connectivity index (χ4v) is 2.15. The number of aromatic hydroxyl groups is 1. The largest absolute Gasteiger partial charge is 0.493 e. The molecule has 2 heterocycles. The van der Waals surface area contributed by atoms with Gasteiger partial charge >= 0.3 is 0 Å². The van der Waals surface area contributed by atoms with Crippen LogP contribution in [0.1, 0.15) is 30.3 Å². The first kappa shape index (κ1) is 10.3. The van der Waals surface area contributed by atoms with E-state index < -0.39 is 0 Å². The summed E-state index contributed by atoms with van der Waals surface area (Å²) in [5.41, 5.74) is 1.40. The molecule has 1 saturated carbocycles. The van der Waals surface area contributed by atoms with Crippen molar-refractivity contribution in [3.8, 4) is 5.88 Å². The molecule has 17 heavy (non-hydrogen) atoms. The van der Waals surface area contributed by atoms with E-state index in [1.807, 2.05) is 10.6 Å². The lowest BCUT2D eigenvalue weighted by Gasteiger charge is -2.06. The molecular formula is C13H14N2O2. The second kappa shape index (κ2) is 3.58. The second-order valence-corrected chi connectivity index (χ2v) is 4.72. The molecule has 0 radical (unpaired) electrons. The highest BCUT2D eigenvalue weighted by Crippen LogP contribution is 2.33. The van der Waals surface area contributed by atoms with Crippen molar-refractivity contribution in [3.63, 3.8) is 0 Å². The molecule has 0 atom stereocenters. The molecule has 88 valence electrons. The van der Waals surface area contributed by atoms with E-state index in [0.717, 1.165) is 11.9 Å². The lowest BCUT2D eigenvalue weighted by Crippen LogP contribution is -2.08. The van der Waals surface area contributed by atoms with E-state index in [9.17, 15) is 9.90 Å². The van der Waals surface area contributed by atoms with Gasteiger partial charge in [0, 0.05) is 24.9 Å². The van der Waals surface area contributed by atoms with Crippen molar-refractivity contribution in [3.05, 3.63) is 23.9 Å². The molecule has 0 saturated heterocycles. The highest BCUT2D eigenvalue weighted by molar-refractivity contribution is 5.97. The minimum Gasteiger partial charge on any atom is -0.493 e. The highest BCUT2D eigenvalue weighted by Gasteiger charge is 2.25. The first-order valence-electron chi connectivity index (χ1n) is 5.85. The predicted octanol–water partition coefficient (Wildman–Crippen LogP) is 2.35. The summed E-state index contributed by atoms with van der Waals surface area (Å²) in [6.45, 7) is 2.40. The molecule has 4 heteroatoms. The maximum Gasteiger partial charge on any atom is 0.212 e. The fraction of sp³-hybridized carbons (Fsp3) is 0.385. The molecule has 1 aliphatic carbocycles. The summed E-state index contributed by atoms with van der Waals surface area (Å²) < 4.78 is 1.94. The second-order valence-electron chi connectivity index (χ2n) is 4.72. The van der Waals surface area contributed by atoms with Crippen molar-refractivity contribution in [2.24, 2.45) is 5.92 Å². The number of Topliss-reactive ketones (excluding diaryl/α,β-unsaturated/α-hetero) is 1. The van der Waals surface area contributed by atoms with Crippen molar-refractivity contribution in [2.45, 2.75) is 26.3 Å². The summed E-state index contributed by atoms with van der Waals surface area (Å²) in [6.07, 6.45) is 2.44. The van der Waals surface area contributed by atoms with Crippen LogP contribution in [0.5, 0.6) is 5.88 Å². The van der Waals surface area contributed by atoms with Crippen LogP contribution < -0.4 is 0 Å². The van der Waals surface area contributed by atoms with Gasteiger partial charge in [-0.05, 0) is 30.9 Å². The monoisotopic (exact) mass is 230 g/mol. The Balaban J connectivity index is 2.20. The van der Waals surface area contributed by atoms with Crippen LogP contribution in [0.25, 0.3) is 11.0 Å². The van der Waals surface area contributed by atoms with E-state index in [0.29, 0.717) is 17.3 Å². The Bertz CT molecular complexity index is 597. The average molecular weight is 230 g/mol. The van der Waals surface area contributed by atoms with Gasteiger partial charge in [0.15, 0.2) is 5.78 Å². The van der Waals surface area contributed by atoms with Gasteiger partial charge in [-0.15, -0.1) is 0 Å². The van der Waals surface area contributed by atoms with Gasteiger partial charge in [0.05, 0.1) is 5.69 Å². The Morgan fingerprint density at radius 3 is 2.94 bits per heavy atom. The van der Waals surface area contributed by atoms with Crippen molar-refractivity contribution >= 4 is 16.8 Å². The normalized spacial score (nSPS) is 15.4. The Morgan fingerprint density at radius 1 is 1.53 bits per heavy atom. The zero-order valence-corrected chi connectivity index (χ0v) is 9.68. The zero-order chi connectivity index (χ0) is 12.0. The van der Waals surface area contributed by atoms with Crippen LogP contribution in [0.4, 0.5) is 0 Å². The number of carbonyl (C=O) groups is 1. The molecular weight excluding hydrogens is 216 g/mol. The van der Waals surface area contributed by atoms with E-state index >= 15 is 0 Å². The number of rotatable bonds is 3. The number of ketones is 1. The highest BCUT2D eigenvalue weighted by atomic mass is 16.3. The number of fused-ring (bicyclic) bond motifs is 1. The predicted molar refractivity (Wildman–Crippen MR) is 64.1 cm³/mol. The van der Waals surface area contributed by atoms with Crippen molar-refractivity contribution in [2.75, 3.05) is 0 Å². The molecule has 0 aromatic carbocycles. The molecule has 3 rings (SSSR count). The maximum absolute atomic E-state index is 11.6. The molecule has 0 bridgehead atoms. The summed E-state index contributed by atoms with van der Waals surface area (Å²) in [4.78, 5) is 15.7. The van der Waals surface area contributed by atoms with E-state index in [1.165, 1.54) is 12.8 Å². The molecule has 1 N–H and O–H groups in total. The van der Waals surface area contributed by atoms with Gasteiger partial charge < -0.3 is 9.67 Å². The fourth-order valence-electron chi connectivity index (χ4n) is 2.15. The van der Waals surface area contributed by atoms with Crippen LogP contribution in [-0.2, 0) is 6.54 Å². The quantitative estimate of drug-likeness (QED) is 0.823. The van der Waals surface area contributed by atoms with Crippen molar-refractivity contribution < 1.29 is 9.90 Å². The third-order valence-electron chi connectivity index (χ3n) is 3.23. The van der Waals surface area contributed by atoms with Crippen LogP contribution >= 0.6 is 0 Å². The molecule has 0 amide bonds. The zero-order valence-electron chi connectivity index (χ0n) is 9.68.